The van der Waals surface area contributed by atoms with Gasteiger partial charge in [-0.2, -0.15) is 0 Å². The van der Waals surface area contributed by atoms with Gasteiger partial charge < -0.3 is 16.0 Å². The van der Waals surface area contributed by atoms with E-state index in [4.69, 9.17) is 5.73 Å². The molecule has 1 aliphatic heterocycles. The molecular weight excluding hydrogens is 248 g/mol. The number of amides is 2. The van der Waals surface area contributed by atoms with Crippen molar-refractivity contribution >= 4 is 17.6 Å². The largest absolute Gasteiger partial charge is 0.339 e. The Labute approximate surface area is 110 Å². The minimum atomic E-state index is -0.135. The van der Waals surface area contributed by atoms with E-state index < -0.39 is 0 Å². The smallest absolute Gasteiger partial charge is 0.244 e. The fraction of sp³-hybridized carbons (Fsp3) is 0.636. The zero-order valence-corrected chi connectivity index (χ0v) is 10.9. The molecule has 2 heterocycles. The lowest BCUT2D eigenvalue weighted by molar-refractivity contribution is -0.131. The van der Waals surface area contributed by atoms with E-state index in [0.717, 1.165) is 6.42 Å². The van der Waals surface area contributed by atoms with Gasteiger partial charge in [0.25, 0.3) is 0 Å². The van der Waals surface area contributed by atoms with Crippen molar-refractivity contribution in [1.29, 1.82) is 0 Å². The van der Waals surface area contributed by atoms with Crippen molar-refractivity contribution in [2.75, 3.05) is 18.4 Å². The Morgan fingerprint density at radius 1 is 1.58 bits per heavy atom. The predicted molar refractivity (Wildman–Crippen MR) is 68.1 cm³/mol. The first-order chi connectivity index (χ1) is 9.08. The van der Waals surface area contributed by atoms with Crippen LogP contribution in [0.1, 0.15) is 19.8 Å². The maximum absolute atomic E-state index is 11.9. The SMILES string of the molecule is CCC(=O)Nc1cn(CC(=O)N2CCC(N)C2)nn1. The highest BCUT2D eigenvalue weighted by Gasteiger charge is 2.23. The van der Waals surface area contributed by atoms with E-state index in [1.54, 1.807) is 18.0 Å². The Hall–Kier alpha value is -1.96. The number of rotatable bonds is 4. The molecule has 1 fully saturated rings. The molecule has 0 radical (unpaired) electrons. The number of likely N-dealkylation sites (tertiary alicyclic amines) is 1. The van der Waals surface area contributed by atoms with Crippen LogP contribution in [0.25, 0.3) is 0 Å². The topological polar surface area (TPSA) is 106 Å². The van der Waals surface area contributed by atoms with Gasteiger partial charge in [-0.05, 0) is 6.42 Å². The van der Waals surface area contributed by atoms with Crippen LogP contribution in [-0.4, -0.2) is 50.8 Å². The number of anilines is 1. The standard InChI is InChI=1S/C11H18N6O2/c1-2-10(18)13-9-6-17(15-14-9)7-11(19)16-4-3-8(12)5-16/h6,8H,2-5,7,12H2,1H3,(H,13,18). The highest BCUT2D eigenvalue weighted by atomic mass is 16.2. The number of nitrogens with two attached hydrogens (primary N) is 1. The van der Waals surface area contributed by atoms with Crippen molar-refractivity contribution in [3.63, 3.8) is 0 Å². The quantitative estimate of drug-likeness (QED) is 0.741. The van der Waals surface area contributed by atoms with Gasteiger partial charge in [0.05, 0.1) is 6.20 Å². The molecule has 0 aromatic carbocycles. The van der Waals surface area contributed by atoms with E-state index in [2.05, 4.69) is 15.6 Å². The van der Waals surface area contributed by atoms with Crippen molar-refractivity contribution in [1.82, 2.24) is 19.9 Å². The lowest BCUT2D eigenvalue weighted by Gasteiger charge is -2.15. The molecule has 0 spiro atoms. The van der Waals surface area contributed by atoms with Crippen molar-refractivity contribution in [2.24, 2.45) is 5.73 Å². The minimum Gasteiger partial charge on any atom is -0.339 e. The zero-order valence-electron chi connectivity index (χ0n) is 10.9. The first-order valence-corrected chi connectivity index (χ1v) is 6.32. The first kappa shape index (κ1) is 13.5. The van der Waals surface area contributed by atoms with Gasteiger partial charge in [0, 0.05) is 25.6 Å². The predicted octanol–water partition coefficient (Wildman–Crippen LogP) is -0.814. The number of nitrogens with one attached hydrogen (secondary N) is 1. The van der Waals surface area contributed by atoms with Crippen LogP contribution in [0.5, 0.6) is 0 Å². The summed E-state index contributed by atoms with van der Waals surface area (Å²) >= 11 is 0. The van der Waals surface area contributed by atoms with Gasteiger partial charge in [0.2, 0.25) is 11.8 Å². The van der Waals surface area contributed by atoms with Crippen molar-refractivity contribution in [3.05, 3.63) is 6.20 Å². The fourth-order valence-electron chi connectivity index (χ4n) is 1.92. The molecule has 0 bridgehead atoms. The lowest BCUT2D eigenvalue weighted by Crippen LogP contribution is -2.34. The summed E-state index contributed by atoms with van der Waals surface area (Å²) in [5.41, 5.74) is 5.75. The second kappa shape index (κ2) is 5.79. The number of nitrogens with zero attached hydrogens (tertiary/aromatic N) is 4. The summed E-state index contributed by atoms with van der Waals surface area (Å²) in [7, 11) is 0. The second-order valence-corrected chi connectivity index (χ2v) is 4.59. The van der Waals surface area contributed by atoms with Gasteiger partial charge >= 0.3 is 0 Å². The van der Waals surface area contributed by atoms with Crippen LogP contribution < -0.4 is 11.1 Å². The molecule has 0 saturated carbocycles. The third kappa shape index (κ3) is 3.50. The summed E-state index contributed by atoms with van der Waals surface area (Å²) in [6.45, 7) is 3.14. The molecule has 0 aliphatic carbocycles. The molecule has 8 heteroatoms. The van der Waals surface area contributed by atoms with Crippen LogP contribution in [-0.2, 0) is 16.1 Å². The van der Waals surface area contributed by atoms with Gasteiger partial charge in [-0.3, -0.25) is 9.59 Å². The van der Waals surface area contributed by atoms with Crippen LogP contribution in [0, 0.1) is 0 Å². The van der Waals surface area contributed by atoms with E-state index in [-0.39, 0.29) is 24.4 Å². The van der Waals surface area contributed by atoms with Crippen LogP contribution in [0.4, 0.5) is 5.82 Å². The average molecular weight is 266 g/mol. The van der Waals surface area contributed by atoms with Crippen molar-refractivity contribution in [2.45, 2.75) is 32.4 Å². The summed E-state index contributed by atoms with van der Waals surface area (Å²) in [4.78, 5) is 24.8. The Bertz CT molecular complexity index is 472. The van der Waals surface area contributed by atoms with Gasteiger partial charge in [-0.15, -0.1) is 5.10 Å². The number of hydrogen-bond acceptors (Lipinski definition) is 5. The summed E-state index contributed by atoms with van der Waals surface area (Å²) in [5, 5.41) is 10.2. The maximum Gasteiger partial charge on any atom is 0.244 e. The molecular formula is C11H18N6O2. The molecule has 8 nitrogen and oxygen atoms in total. The van der Waals surface area contributed by atoms with Crippen molar-refractivity contribution in [3.8, 4) is 0 Å². The normalized spacial score (nSPS) is 18.6. The number of hydrogen-bond donors (Lipinski definition) is 2. The minimum absolute atomic E-state index is 0.0359. The average Bonchev–Trinajstić information content (AvgIpc) is 2.98. The summed E-state index contributed by atoms with van der Waals surface area (Å²) in [6.07, 6.45) is 2.75. The van der Waals surface area contributed by atoms with E-state index in [1.165, 1.54) is 4.68 Å². The highest BCUT2D eigenvalue weighted by Crippen LogP contribution is 2.08. The number of aromatic nitrogens is 3. The summed E-state index contributed by atoms with van der Waals surface area (Å²) in [6, 6.07) is 0.0686. The molecule has 1 aromatic heterocycles. The molecule has 1 aromatic rings. The molecule has 3 N–H and O–H groups in total. The van der Waals surface area contributed by atoms with Gasteiger partial charge in [0.1, 0.15) is 6.54 Å². The molecule has 1 aliphatic rings. The fourth-order valence-corrected chi connectivity index (χ4v) is 1.92. The summed E-state index contributed by atoms with van der Waals surface area (Å²) < 4.78 is 1.41. The molecule has 104 valence electrons. The van der Waals surface area contributed by atoms with Crippen LogP contribution >= 0.6 is 0 Å². The molecule has 1 atom stereocenters. The molecule has 1 unspecified atom stereocenters. The molecule has 19 heavy (non-hydrogen) atoms. The van der Waals surface area contributed by atoms with Crippen LogP contribution in [0.3, 0.4) is 0 Å². The maximum atomic E-state index is 11.9. The van der Waals surface area contributed by atoms with E-state index in [9.17, 15) is 9.59 Å². The number of carbonyl (C=O) groups is 2. The van der Waals surface area contributed by atoms with E-state index in [0.29, 0.717) is 25.3 Å². The van der Waals surface area contributed by atoms with Gasteiger partial charge in [-0.25, -0.2) is 4.68 Å². The summed E-state index contributed by atoms with van der Waals surface area (Å²) in [5.74, 6) is 0.188. The van der Waals surface area contributed by atoms with Gasteiger partial charge in [-0.1, -0.05) is 12.1 Å². The Kier molecular flexibility index (Phi) is 4.10. The van der Waals surface area contributed by atoms with Crippen LogP contribution in [0.2, 0.25) is 0 Å². The van der Waals surface area contributed by atoms with E-state index >= 15 is 0 Å². The van der Waals surface area contributed by atoms with Gasteiger partial charge in [0.15, 0.2) is 5.82 Å². The molecule has 2 amide bonds. The highest BCUT2D eigenvalue weighted by molar-refractivity contribution is 5.89. The van der Waals surface area contributed by atoms with E-state index in [1.807, 2.05) is 0 Å². The Balaban J connectivity index is 1.89. The first-order valence-electron chi connectivity index (χ1n) is 6.32. The Morgan fingerprint density at radius 2 is 2.37 bits per heavy atom. The molecule has 2 rings (SSSR count). The monoisotopic (exact) mass is 266 g/mol. The van der Waals surface area contributed by atoms with Crippen LogP contribution in [0.15, 0.2) is 6.20 Å². The number of carbonyl (C=O) groups excluding carboxylic acids is 2. The van der Waals surface area contributed by atoms with Crippen molar-refractivity contribution < 1.29 is 9.59 Å². The second-order valence-electron chi connectivity index (χ2n) is 4.59. The third-order valence-corrected chi connectivity index (χ3v) is 3.00. The third-order valence-electron chi connectivity index (χ3n) is 3.00. The molecule has 1 saturated heterocycles. The lowest BCUT2D eigenvalue weighted by atomic mass is 10.3. The Morgan fingerprint density at radius 3 is 3.00 bits per heavy atom. The zero-order chi connectivity index (χ0) is 13.8.